The van der Waals surface area contributed by atoms with Crippen molar-refractivity contribution in [1.82, 2.24) is 4.90 Å². The van der Waals surface area contributed by atoms with Gasteiger partial charge in [0.05, 0.1) is 5.56 Å². The van der Waals surface area contributed by atoms with E-state index in [-0.39, 0.29) is 22.0 Å². The van der Waals surface area contributed by atoms with Gasteiger partial charge in [-0.05, 0) is 37.0 Å². The molecule has 0 bridgehead atoms. The Balaban J connectivity index is 2.32. The van der Waals surface area contributed by atoms with Crippen molar-refractivity contribution in [2.75, 3.05) is 6.54 Å². The Kier molecular flexibility index (Phi) is 4.66. The highest BCUT2D eigenvalue weighted by atomic mass is 79.9. The van der Waals surface area contributed by atoms with E-state index < -0.39 is 11.7 Å². The van der Waals surface area contributed by atoms with Crippen LogP contribution in [0.4, 0.5) is 13.2 Å². The number of benzene rings is 1. The minimum Gasteiger partial charge on any atom is -0.335 e. The Labute approximate surface area is 130 Å². The summed E-state index contributed by atoms with van der Waals surface area (Å²) in [4.78, 5) is 14.2. The van der Waals surface area contributed by atoms with Crippen LogP contribution in [0.2, 0.25) is 0 Å². The normalized spacial score (nSPS) is 19.4. The van der Waals surface area contributed by atoms with E-state index in [4.69, 9.17) is 0 Å². The maximum Gasteiger partial charge on any atom is 0.417 e. The van der Waals surface area contributed by atoms with E-state index in [2.05, 4.69) is 15.9 Å². The summed E-state index contributed by atoms with van der Waals surface area (Å²) in [5.74, 6) is -0.0156. The molecule has 1 saturated heterocycles. The van der Waals surface area contributed by atoms with Crippen LogP contribution in [0, 0.1) is 5.92 Å². The van der Waals surface area contributed by atoms with E-state index >= 15 is 0 Å². The highest BCUT2D eigenvalue weighted by Gasteiger charge is 2.35. The lowest BCUT2D eigenvalue weighted by Gasteiger charge is -2.28. The van der Waals surface area contributed by atoms with Crippen LogP contribution in [0.15, 0.2) is 22.7 Å². The number of amides is 1. The van der Waals surface area contributed by atoms with Crippen molar-refractivity contribution in [3.8, 4) is 0 Å². The molecule has 116 valence electrons. The molecule has 2 rings (SSSR count). The standard InChI is InChI=1S/C15H17BrF3NO/c1-9(2)13-4-3-7-20(13)14(21)10-5-6-12(16)11(8-10)15(17,18)19/h5-6,8-9,13H,3-4,7H2,1-2H3. The van der Waals surface area contributed by atoms with Crippen LogP contribution in [0.25, 0.3) is 0 Å². The molecule has 6 heteroatoms. The van der Waals surface area contributed by atoms with Gasteiger partial charge in [-0.1, -0.05) is 29.8 Å². The van der Waals surface area contributed by atoms with Gasteiger partial charge in [-0.2, -0.15) is 13.2 Å². The van der Waals surface area contributed by atoms with Crippen LogP contribution in [-0.2, 0) is 6.18 Å². The first-order valence-electron chi connectivity index (χ1n) is 6.89. The van der Waals surface area contributed by atoms with Crippen LogP contribution in [-0.4, -0.2) is 23.4 Å². The number of halogens is 4. The average Bonchev–Trinajstić information content (AvgIpc) is 2.86. The predicted octanol–water partition coefficient (Wildman–Crippen LogP) is 4.73. The Bertz CT molecular complexity index is 542. The van der Waals surface area contributed by atoms with Crippen molar-refractivity contribution in [3.63, 3.8) is 0 Å². The molecule has 1 aliphatic rings. The second-order valence-corrected chi connectivity index (χ2v) is 6.50. The third kappa shape index (κ3) is 3.42. The fraction of sp³-hybridized carbons (Fsp3) is 0.533. The number of carbonyl (C=O) groups is 1. The van der Waals surface area contributed by atoms with Crippen molar-refractivity contribution in [3.05, 3.63) is 33.8 Å². The minimum atomic E-state index is -4.47. The van der Waals surface area contributed by atoms with Crippen molar-refractivity contribution in [1.29, 1.82) is 0 Å². The molecule has 0 N–H and O–H groups in total. The maximum absolute atomic E-state index is 12.9. The molecular weight excluding hydrogens is 347 g/mol. The Morgan fingerprint density at radius 3 is 2.62 bits per heavy atom. The van der Waals surface area contributed by atoms with Gasteiger partial charge in [0, 0.05) is 22.6 Å². The molecule has 0 aliphatic carbocycles. The van der Waals surface area contributed by atoms with E-state index in [1.807, 2.05) is 13.8 Å². The number of carbonyl (C=O) groups excluding carboxylic acids is 1. The summed E-state index contributed by atoms with van der Waals surface area (Å²) in [5.41, 5.74) is -0.716. The van der Waals surface area contributed by atoms with Gasteiger partial charge in [-0.25, -0.2) is 0 Å². The van der Waals surface area contributed by atoms with E-state index in [9.17, 15) is 18.0 Å². The molecule has 1 fully saturated rings. The fourth-order valence-electron chi connectivity index (χ4n) is 2.78. The summed E-state index contributed by atoms with van der Waals surface area (Å²) in [7, 11) is 0. The molecule has 2 nitrogen and oxygen atoms in total. The number of rotatable bonds is 2. The molecular formula is C15H17BrF3NO. The van der Waals surface area contributed by atoms with Crippen molar-refractivity contribution >= 4 is 21.8 Å². The van der Waals surface area contributed by atoms with Gasteiger partial charge in [0.2, 0.25) is 0 Å². The lowest BCUT2D eigenvalue weighted by atomic mass is 10.0. The van der Waals surface area contributed by atoms with Crippen LogP contribution >= 0.6 is 15.9 Å². The zero-order chi connectivity index (χ0) is 15.8. The molecule has 0 radical (unpaired) electrons. The van der Waals surface area contributed by atoms with Gasteiger partial charge in [0.25, 0.3) is 5.91 Å². The van der Waals surface area contributed by atoms with E-state index in [0.29, 0.717) is 12.5 Å². The molecule has 1 atom stereocenters. The van der Waals surface area contributed by atoms with Gasteiger partial charge >= 0.3 is 6.18 Å². The lowest BCUT2D eigenvalue weighted by Crippen LogP contribution is -2.38. The van der Waals surface area contributed by atoms with Gasteiger partial charge in [-0.3, -0.25) is 4.79 Å². The quantitative estimate of drug-likeness (QED) is 0.743. The molecule has 0 spiro atoms. The third-order valence-corrected chi connectivity index (χ3v) is 4.54. The first kappa shape index (κ1) is 16.3. The molecule has 1 aromatic rings. The molecule has 1 aromatic carbocycles. The van der Waals surface area contributed by atoms with Gasteiger partial charge in [-0.15, -0.1) is 0 Å². The van der Waals surface area contributed by atoms with Gasteiger partial charge in [0.1, 0.15) is 0 Å². The van der Waals surface area contributed by atoms with Crippen molar-refractivity contribution in [2.24, 2.45) is 5.92 Å². The van der Waals surface area contributed by atoms with Crippen molar-refractivity contribution in [2.45, 2.75) is 38.9 Å². The van der Waals surface area contributed by atoms with Crippen LogP contribution in [0.5, 0.6) is 0 Å². The molecule has 21 heavy (non-hydrogen) atoms. The summed E-state index contributed by atoms with van der Waals surface area (Å²) >= 11 is 2.89. The summed E-state index contributed by atoms with van der Waals surface area (Å²) in [6.07, 6.45) is -2.67. The average molecular weight is 364 g/mol. The summed E-state index contributed by atoms with van der Waals surface area (Å²) in [5, 5.41) is 0. The third-order valence-electron chi connectivity index (χ3n) is 3.85. The summed E-state index contributed by atoms with van der Waals surface area (Å²) in [6, 6.07) is 3.77. The first-order chi connectivity index (χ1) is 9.71. The molecule has 1 aliphatic heterocycles. The highest BCUT2D eigenvalue weighted by molar-refractivity contribution is 9.10. The Morgan fingerprint density at radius 1 is 1.38 bits per heavy atom. The molecule has 0 aromatic heterocycles. The highest BCUT2D eigenvalue weighted by Crippen LogP contribution is 2.36. The molecule has 1 heterocycles. The smallest absolute Gasteiger partial charge is 0.335 e. The number of alkyl halides is 3. The zero-order valence-corrected chi connectivity index (χ0v) is 13.5. The second kappa shape index (κ2) is 5.99. The largest absolute Gasteiger partial charge is 0.417 e. The SMILES string of the molecule is CC(C)C1CCCN1C(=O)c1ccc(Br)c(C(F)(F)F)c1. The second-order valence-electron chi connectivity index (χ2n) is 5.64. The number of hydrogen-bond donors (Lipinski definition) is 0. The number of hydrogen-bond acceptors (Lipinski definition) is 1. The first-order valence-corrected chi connectivity index (χ1v) is 7.69. The Morgan fingerprint density at radius 2 is 2.05 bits per heavy atom. The Hall–Kier alpha value is -1.04. The molecule has 1 amide bonds. The maximum atomic E-state index is 12.9. The minimum absolute atomic E-state index is 0.0478. The van der Waals surface area contributed by atoms with E-state index in [1.54, 1.807) is 4.90 Å². The molecule has 0 saturated carbocycles. The van der Waals surface area contributed by atoms with Crippen LogP contribution < -0.4 is 0 Å². The number of likely N-dealkylation sites (tertiary alicyclic amines) is 1. The van der Waals surface area contributed by atoms with Crippen molar-refractivity contribution < 1.29 is 18.0 Å². The van der Waals surface area contributed by atoms with E-state index in [1.165, 1.54) is 12.1 Å². The number of nitrogens with zero attached hydrogens (tertiary/aromatic N) is 1. The zero-order valence-electron chi connectivity index (χ0n) is 11.9. The lowest BCUT2D eigenvalue weighted by molar-refractivity contribution is -0.138. The van der Waals surface area contributed by atoms with Crippen LogP contribution in [0.3, 0.4) is 0 Å². The topological polar surface area (TPSA) is 20.3 Å². The molecule has 1 unspecified atom stereocenters. The van der Waals surface area contributed by atoms with E-state index in [0.717, 1.165) is 18.9 Å². The van der Waals surface area contributed by atoms with Gasteiger partial charge < -0.3 is 4.90 Å². The van der Waals surface area contributed by atoms with Crippen LogP contribution in [0.1, 0.15) is 42.6 Å². The summed E-state index contributed by atoms with van der Waals surface area (Å²) < 4.78 is 38.7. The monoisotopic (exact) mass is 363 g/mol. The predicted molar refractivity (Wildman–Crippen MR) is 78.0 cm³/mol. The fourth-order valence-corrected chi connectivity index (χ4v) is 3.25. The summed E-state index contributed by atoms with van der Waals surface area (Å²) in [6.45, 7) is 4.66. The van der Waals surface area contributed by atoms with Gasteiger partial charge in [0.15, 0.2) is 0 Å².